The number of hydrogen-bond donors (Lipinski definition) is 0. The molecule has 1 saturated heterocycles. The molecule has 0 radical (unpaired) electrons. The molecule has 2 fully saturated rings. The van der Waals surface area contributed by atoms with E-state index in [0.717, 1.165) is 40.3 Å². The predicted molar refractivity (Wildman–Crippen MR) is 110 cm³/mol. The second-order valence-electron chi connectivity index (χ2n) is 9.42. The number of carbonyl (C=O) groups excluding carboxylic acids is 1. The fourth-order valence-corrected chi connectivity index (χ4v) is 6.45. The topological polar surface area (TPSA) is 38.1 Å². The third kappa shape index (κ3) is 2.89. The molecule has 0 spiro atoms. The molecule has 5 heteroatoms. The molecular weight excluding hydrogens is 354 g/mol. The van der Waals surface area contributed by atoms with Crippen LogP contribution in [-0.4, -0.2) is 32.9 Å². The summed E-state index contributed by atoms with van der Waals surface area (Å²) in [5, 5.41) is 0.936. The van der Waals surface area contributed by atoms with Gasteiger partial charge in [0.05, 0.1) is 10.2 Å². The average molecular weight is 380 g/mol. The Labute approximate surface area is 163 Å². The van der Waals surface area contributed by atoms with Crippen molar-refractivity contribution in [3.63, 3.8) is 0 Å². The van der Waals surface area contributed by atoms with Gasteiger partial charge in [-0.2, -0.15) is 0 Å². The normalized spacial score (nSPS) is 26.6. The number of nitrogens with zero attached hydrogens (tertiary/aromatic N) is 3. The van der Waals surface area contributed by atoms with Crippen LogP contribution in [0.25, 0.3) is 15.3 Å². The molecule has 27 heavy (non-hydrogen) atoms. The van der Waals surface area contributed by atoms with Crippen molar-refractivity contribution in [1.82, 2.24) is 14.5 Å². The first-order chi connectivity index (χ1) is 12.8. The van der Waals surface area contributed by atoms with Crippen LogP contribution in [0.4, 0.5) is 0 Å². The summed E-state index contributed by atoms with van der Waals surface area (Å²) >= 11 is 1.63. The van der Waals surface area contributed by atoms with Crippen molar-refractivity contribution in [2.24, 2.45) is 10.8 Å². The largest absolute Gasteiger partial charge is 0.335 e. The van der Waals surface area contributed by atoms with Crippen molar-refractivity contribution in [1.29, 1.82) is 0 Å². The van der Waals surface area contributed by atoms with Gasteiger partial charge in [0.1, 0.15) is 0 Å². The molecule has 3 aromatic rings. The summed E-state index contributed by atoms with van der Waals surface area (Å²) in [5.41, 5.74) is 2.32. The summed E-state index contributed by atoms with van der Waals surface area (Å²) in [7, 11) is 0. The molecule has 1 aliphatic heterocycles. The second kappa shape index (κ2) is 5.68. The predicted octanol–water partition coefficient (Wildman–Crippen LogP) is 5.13. The summed E-state index contributed by atoms with van der Waals surface area (Å²) in [6, 6.07) is 10.3. The Kier molecular flexibility index (Phi) is 3.57. The highest BCUT2D eigenvalue weighted by Gasteiger charge is 2.51. The molecule has 2 bridgehead atoms. The standard InChI is InChI=1S/C22H25N3OS/c1-21(2)11-16-12-22(3,13-21)14-25(16)19(26)15-6-7-17-18(10-15)27-20(23-17)24-8-4-5-9-24/h4-10,16H,11-14H2,1-3H3/t16-,22-/m0/s1. The first kappa shape index (κ1) is 17.0. The molecule has 2 atom stereocenters. The van der Waals surface area contributed by atoms with E-state index >= 15 is 0 Å². The number of aromatic nitrogens is 2. The van der Waals surface area contributed by atoms with Crippen LogP contribution < -0.4 is 0 Å². The number of fused-ring (bicyclic) bond motifs is 3. The van der Waals surface area contributed by atoms with Crippen LogP contribution in [0.15, 0.2) is 42.7 Å². The Bertz CT molecular complexity index is 1020. The van der Waals surface area contributed by atoms with Crippen molar-refractivity contribution < 1.29 is 4.79 Å². The molecule has 1 amide bonds. The fraction of sp³-hybridized carbons (Fsp3) is 0.455. The van der Waals surface area contributed by atoms with Gasteiger partial charge in [-0.25, -0.2) is 4.98 Å². The number of benzene rings is 1. The third-order valence-corrected chi connectivity index (χ3v) is 7.16. The molecule has 140 valence electrons. The van der Waals surface area contributed by atoms with E-state index in [9.17, 15) is 4.79 Å². The van der Waals surface area contributed by atoms with Crippen LogP contribution in [0.5, 0.6) is 0 Å². The van der Waals surface area contributed by atoms with Gasteiger partial charge in [0.25, 0.3) is 5.91 Å². The maximum atomic E-state index is 13.3. The number of likely N-dealkylation sites (tertiary alicyclic amines) is 1. The Morgan fingerprint density at radius 3 is 2.74 bits per heavy atom. The number of hydrogen-bond acceptors (Lipinski definition) is 3. The highest BCUT2D eigenvalue weighted by Crippen LogP contribution is 2.52. The molecule has 1 aliphatic carbocycles. The minimum atomic E-state index is 0.180. The summed E-state index contributed by atoms with van der Waals surface area (Å²) in [6.45, 7) is 7.92. The minimum absolute atomic E-state index is 0.180. The van der Waals surface area contributed by atoms with Gasteiger partial charge in [-0.15, -0.1) is 0 Å². The van der Waals surface area contributed by atoms with Crippen LogP contribution >= 0.6 is 11.3 Å². The smallest absolute Gasteiger partial charge is 0.254 e. The van der Waals surface area contributed by atoms with Crippen molar-refractivity contribution in [2.45, 2.75) is 46.1 Å². The molecular formula is C22H25N3OS. The maximum absolute atomic E-state index is 13.3. The zero-order chi connectivity index (χ0) is 18.8. The minimum Gasteiger partial charge on any atom is -0.335 e. The van der Waals surface area contributed by atoms with Crippen LogP contribution in [0.3, 0.4) is 0 Å². The average Bonchev–Trinajstić information content (AvgIpc) is 3.29. The van der Waals surface area contributed by atoms with Crippen molar-refractivity contribution in [2.75, 3.05) is 6.54 Å². The number of rotatable bonds is 2. The Morgan fingerprint density at radius 2 is 1.96 bits per heavy atom. The summed E-state index contributed by atoms with van der Waals surface area (Å²) < 4.78 is 3.08. The van der Waals surface area contributed by atoms with Gasteiger partial charge in [0.2, 0.25) is 0 Å². The summed E-state index contributed by atoms with van der Waals surface area (Å²) in [5.74, 6) is 0.180. The van der Waals surface area contributed by atoms with E-state index in [1.165, 1.54) is 6.42 Å². The fourth-order valence-electron chi connectivity index (χ4n) is 5.48. The van der Waals surface area contributed by atoms with E-state index in [1.807, 2.05) is 47.3 Å². The van der Waals surface area contributed by atoms with E-state index in [4.69, 9.17) is 4.98 Å². The molecule has 1 saturated carbocycles. The van der Waals surface area contributed by atoms with E-state index in [2.05, 4.69) is 25.7 Å². The lowest BCUT2D eigenvalue weighted by Crippen LogP contribution is -2.37. The van der Waals surface area contributed by atoms with Crippen molar-refractivity contribution in [3.05, 3.63) is 48.3 Å². The van der Waals surface area contributed by atoms with Gasteiger partial charge in [-0.1, -0.05) is 32.1 Å². The van der Waals surface area contributed by atoms with Crippen LogP contribution in [-0.2, 0) is 0 Å². The molecule has 0 N–H and O–H groups in total. The lowest BCUT2D eigenvalue weighted by molar-refractivity contribution is 0.0708. The lowest BCUT2D eigenvalue weighted by Gasteiger charge is -2.39. The van der Waals surface area contributed by atoms with Gasteiger partial charge in [0.15, 0.2) is 5.13 Å². The summed E-state index contributed by atoms with van der Waals surface area (Å²) in [4.78, 5) is 20.2. The van der Waals surface area contributed by atoms with Crippen molar-refractivity contribution in [3.8, 4) is 5.13 Å². The second-order valence-corrected chi connectivity index (χ2v) is 10.4. The third-order valence-electron chi connectivity index (χ3n) is 6.13. The van der Waals surface area contributed by atoms with Crippen LogP contribution in [0.2, 0.25) is 0 Å². The zero-order valence-corrected chi connectivity index (χ0v) is 16.9. The SMILES string of the molecule is CC1(C)C[C@H]2C[C@](C)(CN2C(=O)c2ccc3nc(-n4cccc4)sc3c2)C1. The first-order valence-electron chi connectivity index (χ1n) is 9.67. The van der Waals surface area contributed by atoms with Gasteiger partial charge in [-0.3, -0.25) is 4.79 Å². The Hall–Kier alpha value is -2.14. The highest BCUT2D eigenvalue weighted by atomic mass is 32.1. The summed E-state index contributed by atoms with van der Waals surface area (Å²) in [6.07, 6.45) is 7.44. The highest BCUT2D eigenvalue weighted by molar-refractivity contribution is 7.20. The van der Waals surface area contributed by atoms with Gasteiger partial charge in [-0.05, 0) is 60.4 Å². The van der Waals surface area contributed by atoms with Gasteiger partial charge in [0, 0.05) is 30.5 Å². The van der Waals surface area contributed by atoms with Crippen LogP contribution in [0.1, 0.15) is 50.4 Å². The molecule has 0 unspecified atom stereocenters. The lowest BCUT2D eigenvalue weighted by atomic mass is 9.65. The van der Waals surface area contributed by atoms with E-state index in [0.29, 0.717) is 11.5 Å². The monoisotopic (exact) mass is 379 g/mol. The molecule has 4 nitrogen and oxygen atoms in total. The molecule has 2 aliphatic rings. The van der Waals surface area contributed by atoms with Gasteiger partial charge >= 0.3 is 0 Å². The maximum Gasteiger partial charge on any atom is 0.254 e. The Balaban J connectivity index is 1.46. The zero-order valence-electron chi connectivity index (χ0n) is 16.1. The molecule has 1 aromatic carbocycles. The molecule has 2 aromatic heterocycles. The first-order valence-corrected chi connectivity index (χ1v) is 10.5. The molecule has 3 heterocycles. The quantitative estimate of drug-likeness (QED) is 0.619. The van der Waals surface area contributed by atoms with E-state index in [1.54, 1.807) is 11.3 Å². The van der Waals surface area contributed by atoms with E-state index in [-0.39, 0.29) is 11.3 Å². The van der Waals surface area contributed by atoms with Crippen molar-refractivity contribution >= 4 is 27.5 Å². The number of amides is 1. The number of thiazole rings is 1. The van der Waals surface area contributed by atoms with Crippen LogP contribution in [0, 0.1) is 10.8 Å². The molecule has 5 rings (SSSR count). The Morgan fingerprint density at radius 1 is 1.19 bits per heavy atom. The van der Waals surface area contributed by atoms with E-state index < -0.39 is 0 Å². The van der Waals surface area contributed by atoms with Gasteiger partial charge < -0.3 is 9.47 Å². The number of carbonyl (C=O) groups is 1.